The Morgan fingerprint density at radius 2 is 2.24 bits per heavy atom. The number of aromatic nitrogens is 2. The third-order valence-corrected chi connectivity index (χ3v) is 4.16. The summed E-state index contributed by atoms with van der Waals surface area (Å²) >= 11 is 1.55. The van der Waals surface area contributed by atoms with Gasteiger partial charge in [-0.25, -0.2) is 9.37 Å². The molecule has 0 aliphatic carbocycles. The first-order chi connectivity index (χ1) is 10.3. The molecule has 0 unspecified atom stereocenters. The van der Waals surface area contributed by atoms with Gasteiger partial charge < -0.3 is 9.88 Å². The van der Waals surface area contributed by atoms with Crippen molar-refractivity contribution < 1.29 is 4.39 Å². The summed E-state index contributed by atoms with van der Waals surface area (Å²) in [5, 5.41) is 5.33. The van der Waals surface area contributed by atoms with E-state index in [0.717, 1.165) is 30.1 Å². The zero-order valence-corrected chi connectivity index (χ0v) is 12.3. The zero-order valence-electron chi connectivity index (χ0n) is 11.5. The molecule has 0 saturated heterocycles. The van der Waals surface area contributed by atoms with Crippen molar-refractivity contribution in [3.8, 4) is 10.4 Å². The maximum atomic E-state index is 13.9. The normalized spacial score (nSPS) is 10.9. The van der Waals surface area contributed by atoms with Gasteiger partial charge in [-0.1, -0.05) is 12.1 Å². The van der Waals surface area contributed by atoms with Gasteiger partial charge in [0.2, 0.25) is 0 Å². The van der Waals surface area contributed by atoms with E-state index in [-0.39, 0.29) is 5.82 Å². The molecule has 0 saturated carbocycles. The molecule has 5 heteroatoms. The third-order valence-electron chi connectivity index (χ3n) is 3.25. The molecular formula is C16H16FN3S. The first kappa shape index (κ1) is 14.0. The number of hydrogen-bond donors (Lipinski definition) is 1. The second-order valence-corrected chi connectivity index (χ2v) is 5.72. The minimum atomic E-state index is -0.167. The second-order valence-electron chi connectivity index (χ2n) is 4.77. The smallest absolute Gasteiger partial charge is 0.131 e. The first-order valence-electron chi connectivity index (χ1n) is 6.82. The van der Waals surface area contributed by atoms with Gasteiger partial charge in [0.15, 0.2) is 0 Å². The topological polar surface area (TPSA) is 29.9 Å². The number of halogens is 1. The minimum absolute atomic E-state index is 0.167. The summed E-state index contributed by atoms with van der Waals surface area (Å²) in [4.78, 5) is 4.97. The van der Waals surface area contributed by atoms with Gasteiger partial charge in [0.05, 0.1) is 6.33 Å². The fourth-order valence-electron chi connectivity index (χ4n) is 2.16. The van der Waals surface area contributed by atoms with Crippen LogP contribution in [0.15, 0.2) is 54.4 Å². The highest BCUT2D eigenvalue weighted by Crippen LogP contribution is 2.28. The van der Waals surface area contributed by atoms with Crippen LogP contribution in [-0.4, -0.2) is 16.1 Å². The number of benzene rings is 1. The summed E-state index contributed by atoms with van der Waals surface area (Å²) < 4.78 is 15.9. The largest absolute Gasteiger partial charge is 0.336 e. The van der Waals surface area contributed by atoms with Crippen molar-refractivity contribution in [1.29, 1.82) is 0 Å². The van der Waals surface area contributed by atoms with Gasteiger partial charge in [-0.15, -0.1) is 11.3 Å². The fraction of sp³-hybridized carbons (Fsp3) is 0.188. The number of thiophene rings is 1. The van der Waals surface area contributed by atoms with Crippen molar-refractivity contribution in [3.63, 3.8) is 0 Å². The summed E-state index contributed by atoms with van der Waals surface area (Å²) in [5.74, 6) is -0.167. The van der Waals surface area contributed by atoms with E-state index in [2.05, 4.69) is 10.3 Å². The minimum Gasteiger partial charge on any atom is -0.336 e. The summed E-state index contributed by atoms with van der Waals surface area (Å²) in [7, 11) is 0. The van der Waals surface area contributed by atoms with Crippen LogP contribution in [0.4, 0.5) is 4.39 Å². The van der Waals surface area contributed by atoms with E-state index in [1.807, 2.05) is 40.4 Å². The van der Waals surface area contributed by atoms with E-state index >= 15 is 0 Å². The number of hydrogen-bond acceptors (Lipinski definition) is 3. The van der Waals surface area contributed by atoms with Crippen LogP contribution < -0.4 is 5.32 Å². The Hall–Kier alpha value is -1.98. The average molecular weight is 301 g/mol. The standard InChI is InChI=1S/C16H16FN3S/c17-15-4-3-13(10-14(15)16-2-1-9-21-16)11-18-5-7-20-8-6-19-12-20/h1-4,6,8-10,12,18H,5,7,11H2. The highest BCUT2D eigenvalue weighted by Gasteiger charge is 2.07. The summed E-state index contributed by atoms with van der Waals surface area (Å²) in [6.45, 7) is 2.45. The lowest BCUT2D eigenvalue weighted by molar-refractivity contribution is 0.595. The fourth-order valence-corrected chi connectivity index (χ4v) is 2.91. The van der Waals surface area contributed by atoms with Crippen LogP contribution in [0.1, 0.15) is 5.56 Å². The molecule has 3 aromatic rings. The number of imidazole rings is 1. The van der Waals surface area contributed by atoms with Crippen LogP contribution in [0.2, 0.25) is 0 Å². The predicted octanol–water partition coefficient (Wildman–Crippen LogP) is 3.54. The third kappa shape index (κ3) is 3.56. The molecule has 0 atom stereocenters. The number of nitrogens with zero attached hydrogens (tertiary/aromatic N) is 2. The maximum absolute atomic E-state index is 13.9. The molecule has 0 spiro atoms. The molecule has 0 aliphatic rings. The highest BCUT2D eigenvalue weighted by molar-refractivity contribution is 7.13. The Labute approximate surface area is 127 Å². The SMILES string of the molecule is Fc1ccc(CNCCn2ccnc2)cc1-c1cccs1. The van der Waals surface area contributed by atoms with Crippen molar-refractivity contribution >= 4 is 11.3 Å². The summed E-state index contributed by atoms with van der Waals surface area (Å²) in [6, 6.07) is 9.18. The van der Waals surface area contributed by atoms with E-state index in [1.54, 1.807) is 29.9 Å². The van der Waals surface area contributed by atoms with Crippen LogP contribution >= 0.6 is 11.3 Å². The first-order valence-corrected chi connectivity index (χ1v) is 7.69. The number of nitrogens with one attached hydrogen (secondary N) is 1. The molecule has 1 aromatic carbocycles. The molecule has 2 aromatic heterocycles. The highest BCUT2D eigenvalue weighted by atomic mass is 32.1. The molecule has 0 radical (unpaired) electrons. The Bertz CT molecular complexity index is 678. The Morgan fingerprint density at radius 3 is 3.00 bits per heavy atom. The van der Waals surface area contributed by atoms with Gasteiger partial charge in [-0.05, 0) is 29.1 Å². The molecule has 0 fully saturated rings. The second kappa shape index (κ2) is 6.65. The quantitative estimate of drug-likeness (QED) is 0.706. The van der Waals surface area contributed by atoms with Gasteiger partial charge in [0.25, 0.3) is 0 Å². The Kier molecular flexibility index (Phi) is 4.43. The molecule has 3 rings (SSSR count). The summed E-state index contributed by atoms with van der Waals surface area (Å²) in [6.07, 6.45) is 5.51. The van der Waals surface area contributed by atoms with E-state index in [1.165, 1.54) is 0 Å². The van der Waals surface area contributed by atoms with Gasteiger partial charge in [0.1, 0.15) is 5.82 Å². The molecule has 2 heterocycles. The molecule has 0 aliphatic heterocycles. The van der Waals surface area contributed by atoms with E-state index in [0.29, 0.717) is 5.56 Å². The van der Waals surface area contributed by atoms with Crippen molar-refractivity contribution in [2.24, 2.45) is 0 Å². The molecule has 0 bridgehead atoms. The van der Waals surface area contributed by atoms with Crippen molar-refractivity contribution in [2.75, 3.05) is 6.54 Å². The van der Waals surface area contributed by atoms with Gasteiger partial charge in [-0.2, -0.15) is 0 Å². The van der Waals surface area contributed by atoms with Gasteiger partial charge >= 0.3 is 0 Å². The Balaban J connectivity index is 1.60. The van der Waals surface area contributed by atoms with Gasteiger partial charge in [-0.3, -0.25) is 0 Å². The lowest BCUT2D eigenvalue weighted by atomic mass is 10.1. The predicted molar refractivity (Wildman–Crippen MR) is 83.6 cm³/mol. The van der Waals surface area contributed by atoms with Crippen LogP contribution in [0.25, 0.3) is 10.4 Å². The molecule has 0 amide bonds. The summed E-state index contributed by atoms with van der Waals surface area (Å²) in [5.41, 5.74) is 1.77. The average Bonchev–Trinajstić information content (AvgIpc) is 3.18. The van der Waals surface area contributed by atoms with Crippen LogP contribution in [0, 0.1) is 5.82 Å². The van der Waals surface area contributed by atoms with E-state index in [9.17, 15) is 4.39 Å². The maximum Gasteiger partial charge on any atom is 0.131 e. The molecule has 21 heavy (non-hydrogen) atoms. The monoisotopic (exact) mass is 301 g/mol. The van der Waals surface area contributed by atoms with Crippen LogP contribution in [0.3, 0.4) is 0 Å². The lowest BCUT2D eigenvalue weighted by Crippen LogP contribution is -2.19. The van der Waals surface area contributed by atoms with E-state index in [4.69, 9.17) is 0 Å². The van der Waals surface area contributed by atoms with Gasteiger partial charge in [0, 0.05) is 42.5 Å². The molecule has 3 nitrogen and oxygen atoms in total. The van der Waals surface area contributed by atoms with Crippen LogP contribution in [-0.2, 0) is 13.1 Å². The Morgan fingerprint density at radius 1 is 1.29 bits per heavy atom. The number of rotatable bonds is 6. The van der Waals surface area contributed by atoms with Crippen molar-refractivity contribution in [2.45, 2.75) is 13.1 Å². The van der Waals surface area contributed by atoms with E-state index < -0.39 is 0 Å². The van der Waals surface area contributed by atoms with Crippen LogP contribution in [0.5, 0.6) is 0 Å². The van der Waals surface area contributed by atoms with Crippen molar-refractivity contribution in [1.82, 2.24) is 14.9 Å². The van der Waals surface area contributed by atoms with Crippen molar-refractivity contribution in [3.05, 3.63) is 65.8 Å². The zero-order chi connectivity index (χ0) is 14.5. The molecule has 108 valence electrons. The molecule has 1 N–H and O–H groups in total. The molecular weight excluding hydrogens is 285 g/mol. The lowest BCUT2D eigenvalue weighted by Gasteiger charge is -2.08.